The van der Waals surface area contributed by atoms with E-state index in [4.69, 9.17) is 4.74 Å². The Morgan fingerprint density at radius 3 is 2.33 bits per heavy atom. The van der Waals surface area contributed by atoms with Crippen molar-refractivity contribution in [2.24, 2.45) is 5.41 Å². The second kappa shape index (κ2) is 7.48. The van der Waals surface area contributed by atoms with Gasteiger partial charge in [0.2, 0.25) is 0 Å². The summed E-state index contributed by atoms with van der Waals surface area (Å²) in [5, 5.41) is 3.59. The van der Waals surface area contributed by atoms with Crippen molar-refractivity contribution in [3.8, 4) is 0 Å². The SMILES string of the molecule is CCN(CCNC1CCC(C)(C)CC1)C(=O)OC(C)(C)C. The fourth-order valence-corrected chi connectivity index (χ4v) is 2.71. The zero-order valence-corrected chi connectivity index (χ0v) is 14.8. The number of carbonyl (C=O) groups excluding carboxylic acids is 1. The van der Waals surface area contributed by atoms with Crippen LogP contribution in [0.25, 0.3) is 0 Å². The molecule has 4 nitrogen and oxygen atoms in total. The topological polar surface area (TPSA) is 41.6 Å². The van der Waals surface area contributed by atoms with Gasteiger partial charge in [0, 0.05) is 25.7 Å². The molecule has 1 rings (SSSR count). The minimum Gasteiger partial charge on any atom is -0.444 e. The summed E-state index contributed by atoms with van der Waals surface area (Å²) in [5.74, 6) is 0. The number of carbonyl (C=O) groups is 1. The molecule has 1 fully saturated rings. The average Bonchev–Trinajstić information content (AvgIpc) is 2.34. The molecule has 0 heterocycles. The molecule has 0 aromatic heterocycles. The lowest BCUT2D eigenvalue weighted by Gasteiger charge is -2.35. The van der Waals surface area contributed by atoms with Crippen molar-refractivity contribution in [2.45, 2.75) is 78.9 Å². The van der Waals surface area contributed by atoms with Gasteiger partial charge in [-0.2, -0.15) is 0 Å². The molecule has 1 aliphatic carbocycles. The summed E-state index contributed by atoms with van der Waals surface area (Å²) in [6.07, 6.45) is 4.84. The molecule has 0 aromatic carbocycles. The van der Waals surface area contributed by atoms with Gasteiger partial charge in [-0.3, -0.25) is 0 Å². The number of hydrogen-bond acceptors (Lipinski definition) is 3. The highest BCUT2D eigenvalue weighted by Gasteiger charge is 2.26. The molecule has 1 saturated carbocycles. The molecule has 1 amide bonds. The fraction of sp³-hybridized carbons (Fsp3) is 0.941. The van der Waals surface area contributed by atoms with Crippen molar-refractivity contribution in [1.82, 2.24) is 10.2 Å². The fourth-order valence-electron chi connectivity index (χ4n) is 2.71. The highest BCUT2D eigenvalue weighted by Crippen LogP contribution is 2.34. The molecule has 4 heteroatoms. The van der Waals surface area contributed by atoms with Crippen molar-refractivity contribution in [3.05, 3.63) is 0 Å². The first-order valence-corrected chi connectivity index (χ1v) is 8.34. The normalized spacial score (nSPS) is 19.3. The molecule has 21 heavy (non-hydrogen) atoms. The maximum atomic E-state index is 12.0. The van der Waals surface area contributed by atoms with E-state index in [1.54, 1.807) is 4.90 Å². The number of nitrogens with one attached hydrogen (secondary N) is 1. The van der Waals surface area contributed by atoms with Gasteiger partial charge in [0.25, 0.3) is 0 Å². The Hall–Kier alpha value is -0.770. The first kappa shape index (κ1) is 18.3. The standard InChI is InChI=1S/C17H34N2O2/c1-7-19(15(20)21-16(2,3)4)13-12-18-14-8-10-17(5,6)11-9-14/h14,18H,7-13H2,1-6H3. The van der Waals surface area contributed by atoms with Gasteiger partial charge in [-0.05, 0) is 58.8 Å². The molecule has 0 radical (unpaired) electrons. The quantitative estimate of drug-likeness (QED) is 0.839. The predicted octanol–water partition coefficient (Wildman–Crippen LogP) is 3.80. The molecular weight excluding hydrogens is 264 g/mol. The maximum absolute atomic E-state index is 12.0. The Morgan fingerprint density at radius 1 is 1.29 bits per heavy atom. The van der Waals surface area contributed by atoms with Crippen molar-refractivity contribution in [3.63, 3.8) is 0 Å². The molecule has 0 saturated heterocycles. The maximum Gasteiger partial charge on any atom is 0.410 e. The molecule has 0 bridgehead atoms. The van der Waals surface area contributed by atoms with Gasteiger partial charge >= 0.3 is 6.09 Å². The van der Waals surface area contributed by atoms with Crippen LogP contribution >= 0.6 is 0 Å². The summed E-state index contributed by atoms with van der Waals surface area (Å²) in [6.45, 7) is 14.7. The van der Waals surface area contributed by atoms with Crippen LogP contribution in [0.5, 0.6) is 0 Å². The third-order valence-electron chi connectivity index (χ3n) is 4.19. The predicted molar refractivity (Wildman–Crippen MR) is 87.5 cm³/mol. The number of nitrogens with zero attached hydrogens (tertiary/aromatic N) is 1. The second-order valence-electron chi connectivity index (χ2n) is 7.95. The minimum absolute atomic E-state index is 0.212. The van der Waals surface area contributed by atoms with E-state index < -0.39 is 5.60 Å². The van der Waals surface area contributed by atoms with E-state index in [1.165, 1.54) is 25.7 Å². The zero-order chi connectivity index (χ0) is 16.1. The first-order chi connectivity index (χ1) is 9.63. The van der Waals surface area contributed by atoms with Crippen LogP contribution in [0.15, 0.2) is 0 Å². The minimum atomic E-state index is -0.424. The Balaban J connectivity index is 2.28. The Kier molecular flexibility index (Phi) is 6.51. The van der Waals surface area contributed by atoms with Crippen LogP contribution in [0.4, 0.5) is 4.79 Å². The number of rotatable bonds is 5. The highest BCUT2D eigenvalue weighted by atomic mass is 16.6. The lowest BCUT2D eigenvalue weighted by molar-refractivity contribution is 0.0260. The van der Waals surface area contributed by atoms with Gasteiger partial charge in [0.05, 0.1) is 0 Å². The van der Waals surface area contributed by atoms with Gasteiger partial charge in [0.15, 0.2) is 0 Å². The van der Waals surface area contributed by atoms with Crippen LogP contribution in [0.3, 0.4) is 0 Å². The lowest BCUT2D eigenvalue weighted by atomic mass is 9.75. The van der Waals surface area contributed by atoms with E-state index >= 15 is 0 Å². The van der Waals surface area contributed by atoms with Gasteiger partial charge in [-0.15, -0.1) is 0 Å². The summed E-state index contributed by atoms with van der Waals surface area (Å²) in [4.78, 5) is 13.8. The van der Waals surface area contributed by atoms with E-state index in [0.717, 1.165) is 6.54 Å². The van der Waals surface area contributed by atoms with Gasteiger partial charge < -0.3 is 15.0 Å². The molecule has 0 aromatic rings. The summed E-state index contributed by atoms with van der Waals surface area (Å²) < 4.78 is 5.42. The molecule has 1 aliphatic rings. The van der Waals surface area contributed by atoms with Crippen molar-refractivity contribution in [2.75, 3.05) is 19.6 Å². The van der Waals surface area contributed by atoms with E-state index in [9.17, 15) is 4.79 Å². The van der Waals surface area contributed by atoms with E-state index in [-0.39, 0.29) is 6.09 Å². The third-order valence-corrected chi connectivity index (χ3v) is 4.19. The smallest absolute Gasteiger partial charge is 0.410 e. The van der Waals surface area contributed by atoms with Crippen molar-refractivity contribution >= 4 is 6.09 Å². The Morgan fingerprint density at radius 2 is 1.86 bits per heavy atom. The number of ether oxygens (including phenoxy) is 1. The van der Waals surface area contributed by atoms with Gasteiger partial charge in [-0.25, -0.2) is 4.79 Å². The van der Waals surface area contributed by atoms with Crippen molar-refractivity contribution in [1.29, 1.82) is 0 Å². The van der Waals surface area contributed by atoms with E-state index in [1.807, 2.05) is 27.7 Å². The Bertz CT molecular complexity index is 324. The largest absolute Gasteiger partial charge is 0.444 e. The second-order valence-corrected chi connectivity index (χ2v) is 7.95. The summed E-state index contributed by atoms with van der Waals surface area (Å²) in [5.41, 5.74) is 0.0804. The van der Waals surface area contributed by atoms with Gasteiger partial charge in [-0.1, -0.05) is 13.8 Å². The van der Waals surface area contributed by atoms with Crippen LogP contribution in [0, 0.1) is 5.41 Å². The summed E-state index contributed by atoms with van der Waals surface area (Å²) >= 11 is 0. The molecule has 0 aliphatic heterocycles. The molecule has 0 atom stereocenters. The summed E-state index contributed by atoms with van der Waals surface area (Å²) in [6, 6.07) is 0.607. The average molecular weight is 298 g/mol. The molecule has 0 unspecified atom stereocenters. The van der Waals surface area contributed by atoms with Crippen LogP contribution in [-0.2, 0) is 4.74 Å². The van der Waals surface area contributed by atoms with Crippen LogP contribution in [0.2, 0.25) is 0 Å². The van der Waals surface area contributed by atoms with Gasteiger partial charge in [0.1, 0.15) is 5.60 Å². The monoisotopic (exact) mass is 298 g/mol. The van der Waals surface area contributed by atoms with Crippen molar-refractivity contribution < 1.29 is 9.53 Å². The van der Waals surface area contributed by atoms with Crippen LogP contribution in [0.1, 0.15) is 67.2 Å². The summed E-state index contributed by atoms with van der Waals surface area (Å²) in [7, 11) is 0. The van der Waals surface area contributed by atoms with E-state index in [0.29, 0.717) is 24.5 Å². The first-order valence-electron chi connectivity index (χ1n) is 8.34. The number of amides is 1. The van der Waals surface area contributed by atoms with Crippen LogP contribution in [-0.4, -0.2) is 42.3 Å². The Labute approximate surface area is 130 Å². The zero-order valence-electron chi connectivity index (χ0n) is 14.8. The molecule has 124 valence electrons. The number of hydrogen-bond donors (Lipinski definition) is 1. The molecule has 0 spiro atoms. The lowest BCUT2D eigenvalue weighted by Crippen LogP contribution is -2.43. The molecular formula is C17H34N2O2. The van der Waals surface area contributed by atoms with Crippen LogP contribution < -0.4 is 5.32 Å². The number of likely N-dealkylation sites (N-methyl/N-ethyl adjacent to an activating group) is 1. The van der Waals surface area contributed by atoms with E-state index in [2.05, 4.69) is 19.2 Å². The highest BCUT2D eigenvalue weighted by molar-refractivity contribution is 5.68. The third kappa shape index (κ3) is 7.16. The molecule has 1 N–H and O–H groups in total.